The Labute approximate surface area is 148 Å². The van der Waals surface area contributed by atoms with Gasteiger partial charge in [-0.15, -0.1) is 16.9 Å². The van der Waals surface area contributed by atoms with E-state index in [9.17, 15) is 10.2 Å². The number of rotatable bonds is 3. The number of aromatic hydroxyl groups is 2. The third-order valence-electron chi connectivity index (χ3n) is 4.06. The molecule has 0 fully saturated rings. The van der Waals surface area contributed by atoms with Gasteiger partial charge in [0, 0.05) is 11.6 Å². The second-order valence-corrected chi connectivity index (χ2v) is 6.35. The fourth-order valence-corrected chi connectivity index (χ4v) is 3.43. The fourth-order valence-electron chi connectivity index (χ4n) is 2.93. The predicted octanol–water partition coefficient (Wildman–Crippen LogP) is 4.22. The standard InChI is InChI=1S/C19H15N3O2S/c1-25-19-18(15-8-4-6-12-5-2-3-7-14(12)15)22(21-20-19)16-10-9-13(23)11-17(16)24/h2-11,23-24H,1H3. The third-order valence-corrected chi connectivity index (χ3v) is 4.73. The van der Waals surface area contributed by atoms with Gasteiger partial charge in [0.15, 0.2) is 0 Å². The van der Waals surface area contributed by atoms with Crippen LogP contribution in [0.4, 0.5) is 0 Å². The van der Waals surface area contributed by atoms with Gasteiger partial charge < -0.3 is 10.2 Å². The predicted molar refractivity (Wildman–Crippen MR) is 99.4 cm³/mol. The average Bonchev–Trinajstić information content (AvgIpc) is 3.04. The number of fused-ring (bicyclic) bond motifs is 1. The van der Waals surface area contributed by atoms with Gasteiger partial charge in [-0.1, -0.05) is 47.7 Å². The van der Waals surface area contributed by atoms with Crippen molar-refractivity contribution >= 4 is 22.5 Å². The van der Waals surface area contributed by atoms with Crippen molar-refractivity contribution in [3.63, 3.8) is 0 Å². The molecule has 0 unspecified atom stereocenters. The largest absolute Gasteiger partial charge is 0.508 e. The Balaban J connectivity index is 2.03. The zero-order chi connectivity index (χ0) is 17.4. The van der Waals surface area contributed by atoms with Crippen LogP contribution in [0, 0.1) is 0 Å². The summed E-state index contributed by atoms with van der Waals surface area (Å²) in [5.74, 6) is -0.0581. The van der Waals surface area contributed by atoms with Gasteiger partial charge in [-0.2, -0.15) is 0 Å². The van der Waals surface area contributed by atoms with E-state index in [1.54, 1.807) is 10.7 Å². The second-order valence-electron chi connectivity index (χ2n) is 5.56. The van der Waals surface area contributed by atoms with Crippen LogP contribution in [-0.4, -0.2) is 31.5 Å². The van der Waals surface area contributed by atoms with Gasteiger partial charge in [0.05, 0.1) is 0 Å². The van der Waals surface area contributed by atoms with E-state index in [1.807, 2.05) is 30.5 Å². The molecule has 0 aliphatic rings. The number of benzene rings is 3. The van der Waals surface area contributed by atoms with E-state index in [-0.39, 0.29) is 11.5 Å². The summed E-state index contributed by atoms with van der Waals surface area (Å²) < 4.78 is 1.61. The molecule has 0 bridgehead atoms. The number of nitrogens with zero attached hydrogens (tertiary/aromatic N) is 3. The highest BCUT2D eigenvalue weighted by atomic mass is 32.2. The van der Waals surface area contributed by atoms with Crippen LogP contribution in [0.15, 0.2) is 65.7 Å². The maximum absolute atomic E-state index is 10.3. The van der Waals surface area contributed by atoms with Gasteiger partial charge in [0.1, 0.15) is 27.9 Å². The zero-order valence-electron chi connectivity index (χ0n) is 13.4. The molecule has 5 nitrogen and oxygen atoms in total. The highest BCUT2D eigenvalue weighted by molar-refractivity contribution is 7.98. The minimum Gasteiger partial charge on any atom is -0.508 e. The molecule has 0 saturated heterocycles. The van der Waals surface area contributed by atoms with Crippen LogP contribution in [0.1, 0.15) is 0 Å². The summed E-state index contributed by atoms with van der Waals surface area (Å²) in [7, 11) is 0. The van der Waals surface area contributed by atoms with Gasteiger partial charge in [0.25, 0.3) is 0 Å². The van der Waals surface area contributed by atoms with E-state index < -0.39 is 0 Å². The van der Waals surface area contributed by atoms with Crippen LogP contribution in [-0.2, 0) is 0 Å². The van der Waals surface area contributed by atoms with Gasteiger partial charge in [-0.25, -0.2) is 4.68 Å². The number of aromatic nitrogens is 3. The van der Waals surface area contributed by atoms with Gasteiger partial charge in [0.2, 0.25) is 0 Å². The Morgan fingerprint density at radius 3 is 2.56 bits per heavy atom. The van der Waals surface area contributed by atoms with Gasteiger partial charge >= 0.3 is 0 Å². The molecule has 6 heteroatoms. The van der Waals surface area contributed by atoms with E-state index in [4.69, 9.17) is 0 Å². The van der Waals surface area contributed by atoms with Crippen molar-refractivity contribution in [2.45, 2.75) is 5.03 Å². The Morgan fingerprint density at radius 1 is 0.960 bits per heavy atom. The van der Waals surface area contributed by atoms with Crippen LogP contribution >= 0.6 is 11.8 Å². The van der Waals surface area contributed by atoms with Crippen LogP contribution in [0.3, 0.4) is 0 Å². The molecule has 1 aromatic heterocycles. The molecule has 0 spiro atoms. The third kappa shape index (κ3) is 2.60. The van der Waals surface area contributed by atoms with Crippen LogP contribution < -0.4 is 0 Å². The molecule has 1 heterocycles. The molecule has 4 aromatic rings. The number of phenolic OH excluding ortho intramolecular Hbond substituents is 2. The van der Waals surface area contributed by atoms with Gasteiger partial charge in [-0.3, -0.25) is 0 Å². The lowest BCUT2D eigenvalue weighted by molar-refractivity contribution is 0.447. The zero-order valence-corrected chi connectivity index (χ0v) is 14.2. The summed E-state index contributed by atoms with van der Waals surface area (Å²) in [5, 5.41) is 31.3. The Kier molecular flexibility index (Phi) is 3.82. The average molecular weight is 349 g/mol. The summed E-state index contributed by atoms with van der Waals surface area (Å²) >= 11 is 1.50. The molecule has 2 N–H and O–H groups in total. The molecule has 0 aliphatic heterocycles. The molecule has 25 heavy (non-hydrogen) atoms. The monoisotopic (exact) mass is 349 g/mol. The lowest BCUT2D eigenvalue weighted by Gasteiger charge is -2.11. The van der Waals surface area contributed by atoms with Crippen molar-refractivity contribution in [1.82, 2.24) is 15.0 Å². The Hall–Kier alpha value is -2.99. The van der Waals surface area contributed by atoms with Crippen molar-refractivity contribution in [2.75, 3.05) is 6.26 Å². The molecule has 4 rings (SSSR count). The van der Waals surface area contributed by atoms with Gasteiger partial charge in [-0.05, 0) is 29.2 Å². The number of phenols is 2. The molecule has 3 aromatic carbocycles. The van der Waals surface area contributed by atoms with Crippen molar-refractivity contribution in [1.29, 1.82) is 0 Å². The minimum absolute atomic E-state index is 0.00170. The Bertz CT molecular complexity index is 1070. The summed E-state index contributed by atoms with van der Waals surface area (Å²) in [5.41, 5.74) is 2.26. The highest BCUT2D eigenvalue weighted by Crippen LogP contribution is 2.37. The number of thioether (sulfide) groups is 1. The summed E-state index contributed by atoms with van der Waals surface area (Å²) in [6.45, 7) is 0. The SMILES string of the molecule is CSc1nnn(-c2ccc(O)cc2O)c1-c1cccc2ccccc12. The number of hydrogen-bond donors (Lipinski definition) is 2. The van der Waals surface area contributed by atoms with Crippen molar-refractivity contribution in [3.8, 4) is 28.4 Å². The first kappa shape index (κ1) is 15.5. The maximum atomic E-state index is 10.3. The van der Waals surface area contributed by atoms with Crippen molar-refractivity contribution < 1.29 is 10.2 Å². The second kappa shape index (κ2) is 6.14. The molecular weight excluding hydrogens is 334 g/mol. The van der Waals surface area contributed by atoms with E-state index in [0.29, 0.717) is 5.69 Å². The van der Waals surface area contributed by atoms with E-state index in [0.717, 1.165) is 27.1 Å². The van der Waals surface area contributed by atoms with E-state index >= 15 is 0 Å². The van der Waals surface area contributed by atoms with Crippen LogP contribution in [0.2, 0.25) is 0 Å². The lowest BCUT2D eigenvalue weighted by Crippen LogP contribution is -2.00. The molecule has 0 saturated carbocycles. The summed E-state index contributed by atoms with van der Waals surface area (Å²) in [4.78, 5) is 0. The maximum Gasteiger partial charge on any atom is 0.147 e. The van der Waals surface area contributed by atoms with Crippen molar-refractivity contribution in [2.24, 2.45) is 0 Å². The fraction of sp³-hybridized carbons (Fsp3) is 0.0526. The molecule has 0 radical (unpaired) electrons. The van der Waals surface area contributed by atoms with Crippen LogP contribution in [0.5, 0.6) is 11.5 Å². The first-order chi connectivity index (χ1) is 12.2. The quantitative estimate of drug-likeness (QED) is 0.542. The number of hydrogen-bond acceptors (Lipinski definition) is 5. The highest BCUT2D eigenvalue weighted by Gasteiger charge is 2.19. The van der Waals surface area contributed by atoms with E-state index in [1.165, 1.54) is 23.9 Å². The summed E-state index contributed by atoms with van der Waals surface area (Å²) in [6.07, 6.45) is 1.94. The normalized spacial score (nSPS) is 11.1. The molecule has 124 valence electrons. The first-order valence-corrected chi connectivity index (χ1v) is 8.91. The molecule has 0 amide bonds. The van der Waals surface area contributed by atoms with Crippen molar-refractivity contribution in [3.05, 3.63) is 60.7 Å². The first-order valence-electron chi connectivity index (χ1n) is 7.69. The lowest BCUT2D eigenvalue weighted by atomic mass is 10.0. The Morgan fingerprint density at radius 2 is 1.76 bits per heavy atom. The molecule has 0 aliphatic carbocycles. The molecule has 0 atom stereocenters. The molecular formula is C19H15N3O2S. The minimum atomic E-state index is -0.0564. The summed E-state index contributed by atoms with van der Waals surface area (Å²) in [6, 6.07) is 18.6. The van der Waals surface area contributed by atoms with Crippen LogP contribution in [0.25, 0.3) is 27.7 Å². The van der Waals surface area contributed by atoms with E-state index in [2.05, 4.69) is 28.5 Å². The topological polar surface area (TPSA) is 71.2 Å². The smallest absolute Gasteiger partial charge is 0.147 e.